The van der Waals surface area contributed by atoms with Crippen LogP contribution in [0.2, 0.25) is 0 Å². The summed E-state index contributed by atoms with van der Waals surface area (Å²) >= 11 is 0. The molecule has 2 amide bonds. The molecule has 116 valence electrons. The molecule has 0 aromatic rings. The van der Waals surface area contributed by atoms with Crippen molar-refractivity contribution in [1.82, 2.24) is 15.1 Å². The van der Waals surface area contributed by atoms with Crippen molar-refractivity contribution in [2.24, 2.45) is 0 Å². The third-order valence-corrected chi connectivity index (χ3v) is 5.56. The van der Waals surface area contributed by atoms with Crippen LogP contribution in [-0.4, -0.2) is 73.5 Å². The number of carbonyl (C=O) groups excluding carboxylic acids is 1. The molecule has 2 aliphatic heterocycles. The predicted molar refractivity (Wildman–Crippen MR) is 78.5 cm³/mol. The van der Waals surface area contributed by atoms with Gasteiger partial charge in [0, 0.05) is 37.8 Å². The first-order chi connectivity index (χ1) is 9.16. The molecule has 1 atom stereocenters. The minimum absolute atomic E-state index is 0.0313. The van der Waals surface area contributed by atoms with E-state index >= 15 is 0 Å². The second kappa shape index (κ2) is 5.52. The molecule has 2 aliphatic rings. The van der Waals surface area contributed by atoms with Gasteiger partial charge in [-0.1, -0.05) is 0 Å². The topological polar surface area (TPSA) is 69.7 Å². The predicted octanol–water partition coefficient (Wildman–Crippen LogP) is 0.299. The van der Waals surface area contributed by atoms with E-state index in [-0.39, 0.29) is 23.4 Å². The lowest BCUT2D eigenvalue weighted by Crippen LogP contribution is -2.56. The molecule has 0 aromatic heterocycles. The van der Waals surface area contributed by atoms with Gasteiger partial charge < -0.3 is 10.2 Å². The largest absolute Gasteiger partial charge is 0.333 e. The van der Waals surface area contributed by atoms with E-state index in [4.69, 9.17) is 0 Å². The maximum absolute atomic E-state index is 12.0. The van der Waals surface area contributed by atoms with Crippen LogP contribution in [-0.2, 0) is 9.84 Å². The van der Waals surface area contributed by atoms with Gasteiger partial charge >= 0.3 is 6.03 Å². The van der Waals surface area contributed by atoms with E-state index in [1.54, 1.807) is 0 Å². The zero-order valence-corrected chi connectivity index (χ0v) is 13.4. The number of nitrogens with one attached hydrogen (secondary N) is 1. The fourth-order valence-corrected chi connectivity index (χ4v) is 4.51. The van der Waals surface area contributed by atoms with Gasteiger partial charge in [0.1, 0.15) is 0 Å². The first kappa shape index (κ1) is 15.6. The second-order valence-corrected chi connectivity index (χ2v) is 8.99. The van der Waals surface area contributed by atoms with E-state index in [0.29, 0.717) is 18.8 Å². The summed E-state index contributed by atoms with van der Waals surface area (Å²) in [6.07, 6.45) is 0.733. The van der Waals surface area contributed by atoms with Crippen LogP contribution in [0, 0.1) is 0 Å². The van der Waals surface area contributed by atoms with Crippen molar-refractivity contribution < 1.29 is 13.2 Å². The normalized spacial score (nSPS) is 27.6. The molecule has 6 nitrogen and oxygen atoms in total. The van der Waals surface area contributed by atoms with E-state index < -0.39 is 9.84 Å². The lowest BCUT2D eigenvalue weighted by molar-refractivity contribution is 0.112. The summed E-state index contributed by atoms with van der Waals surface area (Å²) < 4.78 is 23.0. The van der Waals surface area contributed by atoms with Crippen molar-refractivity contribution in [3.8, 4) is 0 Å². The molecule has 0 saturated carbocycles. The average molecular weight is 303 g/mol. The molecule has 2 heterocycles. The number of rotatable bonds is 1. The number of nitrogens with zero attached hydrogens (tertiary/aromatic N) is 2. The third kappa shape index (κ3) is 4.09. The Morgan fingerprint density at radius 2 is 1.75 bits per heavy atom. The van der Waals surface area contributed by atoms with Gasteiger partial charge in [-0.3, -0.25) is 4.90 Å². The lowest BCUT2D eigenvalue weighted by Gasteiger charge is -2.38. The summed E-state index contributed by atoms with van der Waals surface area (Å²) in [4.78, 5) is 16.1. The van der Waals surface area contributed by atoms with Crippen LogP contribution in [0.15, 0.2) is 0 Å². The number of amides is 2. The van der Waals surface area contributed by atoms with Crippen molar-refractivity contribution in [2.45, 2.75) is 38.8 Å². The van der Waals surface area contributed by atoms with Crippen LogP contribution in [0.3, 0.4) is 0 Å². The van der Waals surface area contributed by atoms with Crippen molar-refractivity contribution in [2.75, 3.05) is 37.7 Å². The molecule has 20 heavy (non-hydrogen) atoms. The lowest BCUT2D eigenvalue weighted by atomic mass is 10.1. The van der Waals surface area contributed by atoms with Crippen LogP contribution < -0.4 is 5.32 Å². The van der Waals surface area contributed by atoms with Gasteiger partial charge in [-0.2, -0.15) is 0 Å². The van der Waals surface area contributed by atoms with Crippen LogP contribution in [0.25, 0.3) is 0 Å². The Labute approximate surface area is 121 Å². The molecule has 7 heteroatoms. The molecule has 0 radical (unpaired) electrons. The first-order valence-electron chi connectivity index (χ1n) is 7.18. The van der Waals surface area contributed by atoms with Crippen molar-refractivity contribution in [1.29, 1.82) is 0 Å². The average Bonchev–Trinajstić information content (AvgIpc) is 2.68. The van der Waals surface area contributed by atoms with Crippen molar-refractivity contribution in [3.05, 3.63) is 0 Å². The van der Waals surface area contributed by atoms with Gasteiger partial charge in [0.25, 0.3) is 0 Å². The Bertz CT molecular complexity index is 462. The molecule has 2 rings (SSSR count). The van der Waals surface area contributed by atoms with Gasteiger partial charge in [-0.25, -0.2) is 13.2 Å². The van der Waals surface area contributed by atoms with Crippen molar-refractivity contribution in [3.63, 3.8) is 0 Å². The van der Waals surface area contributed by atoms with Crippen LogP contribution in [0.1, 0.15) is 27.2 Å². The number of hydrogen-bond acceptors (Lipinski definition) is 4. The number of hydrogen-bond donors (Lipinski definition) is 1. The number of sulfone groups is 1. The van der Waals surface area contributed by atoms with E-state index in [0.717, 1.165) is 19.5 Å². The minimum Gasteiger partial charge on any atom is -0.333 e. The van der Waals surface area contributed by atoms with Gasteiger partial charge in [0.2, 0.25) is 0 Å². The highest BCUT2D eigenvalue weighted by molar-refractivity contribution is 7.91. The van der Waals surface area contributed by atoms with Gasteiger partial charge in [-0.05, 0) is 27.2 Å². The van der Waals surface area contributed by atoms with E-state index in [2.05, 4.69) is 10.2 Å². The van der Waals surface area contributed by atoms with Crippen LogP contribution in [0.5, 0.6) is 0 Å². The summed E-state index contributed by atoms with van der Waals surface area (Å²) in [7, 11) is -2.83. The monoisotopic (exact) mass is 303 g/mol. The molecule has 2 fully saturated rings. The second-order valence-electron chi connectivity index (χ2n) is 6.76. The molecular weight excluding hydrogens is 278 g/mol. The third-order valence-electron chi connectivity index (χ3n) is 3.81. The van der Waals surface area contributed by atoms with E-state index in [1.807, 2.05) is 25.7 Å². The molecule has 1 N–H and O–H groups in total. The number of piperazine rings is 1. The molecule has 0 aliphatic carbocycles. The Kier molecular flexibility index (Phi) is 4.30. The molecule has 2 saturated heterocycles. The van der Waals surface area contributed by atoms with E-state index in [9.17, 15) is 13.2 Å². The highest BCUT2D eigenvalue weighted by atomic mass is 32.2. The van der Waals surface area contributed by atoms with Gasteiger partial charge in [-0.15, -0.1) is 0 Å². The Morgan fingerprint density at radius 1 is 1.15 bits per heavy atom. The number of urea groups is 1. The highest BCUT2D eigenvalue weighted by Gasteiger charge is 2.34. The number of carbonyl (C=O) groups is 1. The maximum atomic E-state index is 12.0. The summed E-state index contributed by atoms with van der Waals surface area (Å²) in [6.45, 7) is 8.74. The smallest absolute Gasteiger partial charge is 0.317 e. The fourth-order valence-electron chi connectivity index (χ4n) is 2.75. The Hall–Kier alpha value is -0.820. The first-order valence-corrected chi connectivity index (χ1v) is 9.00. The Balaban J connectivity index is 1.82. The molecule has 0 aromatic carbocycles. The molecule has 0 spiro atoms. The maximum Gasteiger partial charge on any atom is 0.317 e. The van der Waals surface area contributed by atoms with Crippen LogP contribution in [0.4, 0.5) is 4.79 Å². The molecule has 1 unspecified atom stereocenters. The summed E-state index contributed by atoms with van der Waals surface area (Å²) in [5, 5.41) is 2.96. The van der Waals surface area contributed by atoms with Crippen molar-refractivity contribution >= 4 is 15.9 Å². The highest BCUT2D eigenvalue weighted by Crippen LogP contribution is 2.19. The molecular formula is C13H25N3O3S. The van der Waals surface area contributed by atoms with Crippen LogP contribution >= 0.6 is 0 Å². The quantitative estimate of drug-likeness (QED) is 0.756. The zero-order valence-electron chi connectivity index (χ0n) is 12.6. The SMILES string of the molecule is CC(C)(C)NC(=O)N1CCN(C2CCS(=O)(=O)C2)CC1. The minimum atomic E-state index is -2.83. The Morgan fingerprint density at radius 3 is 2.20 bits per heavy atom. The summed E-state index contributed by atoms with van der Waals surface area (Å²) in [5.74, 6) is 0.587. The van der Waals surface area contributed by atoms with E-state index in [1.165, 1.54) is 0 Å². The molecule has 0 bridgehead atoms. The van der Waals surface area contributed by atoms with Gasteiger partial charge in [0.05, 0.1) is 11.5 Å². The zero-order chi connectivity index (χ0) is 15.0. The summed E-state index contributed by atoms with van der Waals surface area (Å²) in [5.41, 5.74) is -0.228. The van der Waals surface area contributed by atoms with Gasteiger partial charge in [0.15, 0.2) is 9.84 Å². The fraction of sp³-hybridized carbons (Fsp3) is 0.923. The standard InChI is InChI=1S/C13H25N3O3S/c1-13(2,3)14-12(17)16-7-5-15(6-8-16)11-4-9-20(18,19)10-11/h11H,4-10H2,1-3H3,(H,14,17). The summed E-state index contributed by atoms with van der Waals surface area (Å²) in [6, 6.07) is 0.115.